The molecule has 2 unspecified atom stereocenters. The predicted molar refractivity (Wildman–Crippen MR) is 64.4 cm³/mol. The van der Waals surface area contributed by atoms with Gasteiger partial charge in [-0.05, 0) is 31.5 Å². The smallest absolute Gasteiger partial charge is 0.336 e. The summed E-state index contributed by atoms with van der Waals surface area (Å²) in [5.74, 6) is -2.58. The molecule has 2 rings (SSSR count). The zero-order chi connectivity index (χ0) is 14.0. The number of ether oxygens (including phenoxy) is 2. The Hall–Kier alpha value is -1.79. The topological polar surface area (TPSA) is 85.7 Å². The van der Waals surface area contributed by atoms with Crippen LogP contribution in [0.4, 0.5) is 0 Å². The molecule has 102 valence electrons. The fourth-order valence-corrected chi connectivity index (χ4v) is 1.98. The van der Waals surface area contributed by atoms with Crippen LogP contribution in [0.2, 0.25) is 0 Å². The van der Waals surface area contributed by atoms with E-state index in [0.717, 1.165) is 5.56 Å². The number of pyridine rings is 1. The average molecular weight is 265 g/mol. The number of carboxylic acids is 1. The van der Waals surface area contributed by atoms with Crippen molar-refractivity contribution in [2.75, 3.05) is 0 Å². The Morgan fingerprint density at radius 3 is 2.42 bits per heavy atom. The van der Waals surface area contributed by atoms with E-state index in [1.165, 1.54) is 0 Å². The number of nitrogens with zero attached hydrogens (tertiary/aromatic N) is 1. The van der Waals surface area contributed by atoms with E-state index in [4.69, 9.17) is 14.6 Å². The van der Waals surface area contributed by atoms with E-state index in [9.17, 15) is 9.59 Å². The summed E-state index contributed by atoms with van der Waals surface area (Å²) in [5.41, 5.74) is 0.762. The summed E-state index contributed by atoms with van der Waals surface area (Å²) in [6.07, 6.45) is 0.904. The molecule has 19 heavy (non-hydrogen) atoms. The van der Waals surface area contributed by atoms with Gasteiger partial charge in [-0.15, -0.1) is 0 Å². The lowest BCUT2D eigenvalue weighted by Crippen LogP contribution is -2.38. The lowest BCUT2D eigenvalue weighted by molar-refractivity contribution is -0.166. The normalized spacial score (nSPS) is 25.2. The minimum atomic E-state index is -1.26. The third-order valence-electron chi connectivity index (χ3n) is 2.78. The molecule has 0 aliphatic carbocycles. The molecule has 1 fully saturated rings. The lowest BCUT2D eigenvalue weighted by Gasteiger charge is -2.16. The maximum atomic E-state index is 12.1. The van der Waals surface area contributed by atoms with Gasteiger partial charge in [-0.25, -0.2) is 4.79 Å². The maximum absolute atomic E-state index is 12.1. The Morgan fingerprint density at radius 2 is 1.84 bits per heavy atom. The third-order valence-corrected chi connectivity index (χ3v) is 2.78. The molecule has 1 aromatic heterocycles. The molecule has 2 atom stereocenters. The summed E-state index contributed by atoms with van der Waals surface area (Å²) < 4.78 is 10.6. The van der Waals surface area contributed by atoms with E-state index < -0.39 is 24.0 Å². The van der Waals surface area contributed by atoms with Gasteiger partial charge in [0.15, 0.2) is 23.8 Å². The number of rotatable bonds is 4. The van der Waals surface area contributed by atoms with Crippen LogP contribution in [0.15, 0.2) is 24.5 Å². The van der Waals surface area contributed by atoms with Gasteiger partial charge in [0.2, 0.25) is 0 Å². The number of carbonyl (C=O) groups excluding carboxylic acids is 1. The quantitative estimate of drug-likeness (QED) is 0.866. The number of ketones is 1. The van der Waals surface area contributed by atoms with E-state index >= 15 is 0 Å². The van der Waals surface area contributed by atoms with Crippen LogP contribution in [0.5, 0.6) is 0 Å². The van der Waals surface area contributed by atoms with Gasteiger partial charge in [0.05, 0.1) is 0 Å². The zero-order valence-electron chi connectivity index (χ0n) is 10.7. The van der Waals surface area contributed by atoms with Crippen LogP contribution in [0.25, 0.3) is 0 Å². The number of aromatic nitrogens is 1. The molecule has 1 saturated heterocycles. The van der Waals surface area contributed by atoms with Crippen molar-refractivity contribution in [3.63, 3.8) is 0 Å². The van der Waals surface area contributed by atoms with Gasteiger partial charge in [-0.3, -0.25) is 9.78 Å². The van der Waals surface area contributed by atoms with E-state index in [1.807, 2.05) is 0 Å². The van der Waals surface area contributed by atoms with Gasteiger partial charge in [0, 0.05) is 18.8 Å². The molecule has 1 aliphatic heterocycles. The molecule has 6 nitrogen and oxygen atoms in total. The Morgan fingerprint density at radius 1 is 1.26 bits per heavy atom. The van der Waals surface area contributed by atoms with Crippen LogP contribution >= 0.6 is 0 Å². The van der Waals surface area contributed by atoms with Crippen molar-refractivity contribution in [1.82, 2.24) is 4.98 Å². The zero-order valence-corrected chi connectivity index (χ0v) is 10.7. The molecule has 1 N–H and O–H groups in total. The summed E-state index contributed by atoms with van der Waals surface area (Å²) in [5, 5.41) is 9.06. The first-order chi connectivity index (χ1) is 8.89. The summed E-state index contributed by atoms with van der Waals surface area (Å²) in [4.78, 5) is 27.1. The molecular formula is C13H15NO5. The summed E-state index contributed by atoms with van der Waals surface area (Å²) in [6.45, 7) is 3.17. The van der Waals surface area contributed by atoms with Crippen molar-refractivity contribution in [2.24, 2.45) is 0 Å². The van der Waals surface area contributed by atoms with Crippen molar-refractivity contribution < 1.29 is 24.2 Å². The summed E-state index contributed by atoms with van der Waals surface area (Å²) >= 11 is 0. The van der Waals surface area contributed by atoms with Crippen LogP contribution in [-0.4, -0.2) is 39.8 Å². The van der Waals surface area contributed by atoms with Crippen LogP contribution in [-0.2, 0) is 25.5 Å². The first-order valence-electron chi connectivity index (χ1n) is 5.89. The molecule has 2 heterocycles. The maximum Gasteiger partial charge on any atom is 0.336 e. The van der Waals surface area contributed by atoms with Crippen LogP contribution in [0.3, 0.4) is 0 Å². The minimum absolute atomic E-state index is 0.0937. The highest BCUT2D eigenvalue weighted by molar-refractivity contribution is 5.91. The number of carboxylic acid groups (broad SMARTS) is 1. The summed E-state index contributed by atoms with van der Waals surface area (Å²) in [6, 6.07) is 3.41. The molecule has 0 spiro atoms. The van der Waals surface area contributed by atoms with Crippen molar-refractivity contribution in [3.8, 4) is 0 Å². The van der Waals surface area contributed by atoms with Gasteiger partial charge >= 0.3 is 5.97 Å². The van der Waals surface area contributed by atoms with Gasteiger partial charge in [0.25, 0.3) is 0 Å². The predicted octanol–water partition coefficient (Wildman–Crippen LogP) is 0.798. The van der Waals surface area contributed by atoms with Crippen LogP contribution < -0.4 is 0 Å². The molecule has 0 radical (unpaired) electrons. The number of Topliss-reactive ketones (excluding diaryl/α,β-unsaturated/α-hetero) is 1. The lowest BCUT2D eigenvalue weighted by atomic mass is 10.0. The second-order valence-electron chi connectivity index (χ2n) is 4.81. The highest BCUT2D eigenvalue weighted by Crippen LogP contribution is 2.29. The van der Waals surface area contributed by atoms with Crippen LogP contribution in [0.1, 0.15) is 19.4 Å². The second-order valence-corrected chi connectivity index (χ2v) is 4.81. The standard InChI is InChI=1S/C13H15NO5/c1-13(2)18-10(11(19-13)12(16)17)9(15)7-8-3-5-14-6-4-8/h3-6,10-11H,7H2,1-2H3,(H,16,17). The number of carbonyl (C=O) groups is 2. The fourth-order valence-electron chi connectivity index (χ4n) is 1.98. The Kier molecular flexibility index (Phi) is 3.64. The third kappa shape index (κ3) is 3.15. The average Bonchev–Trinajstić information content (AvgIpc) is 2.67. The molecule has 6 heteroatoms. The number of hydrogen-bond acceptors (Lipinski definition) is 5. The number of hydrogen-bond donors (Lipinski definition) is 1. The van der Waals surface area contributed by atoms with E-state index in [-0.39, 0.29) is 12.2 Å². The molecule has 1 aromatic rings. The van der Waals surface area contributed by atoms with Crippen LogP contribution in [0, 0.1) is 0 Å². The molecule has 0 amide bonds. The largest absolute Gasteiger partial charge is 0.479 e. The second kappa shape index (κ2) is 5.07. The fraction of sp³-hybridized carbons (Fsp3) is 0.462. The van der Waals surface area contributed by atoms with Crippen molar-refractivity contribution in [1.29, 1.82) is 0 Å². The number of aliphatic carboxylic acids is 1. The van der Waals surface area contributed by atoms with Gasteiger partial charge in [0.1, 0.15) is 0 Å². The summed E-state index contributed by atoms with van der Waals surface area (Å²) in [7, 11) is 0. The van der Waals surface area contributed by atoms with E-state index in [0.29, 0.717) is 0 Å². The molecular weight excluding hydrogens is 250 g/mol. The van der Waals surface area contributed by atoms with Crippen molar-refractivity contribution >= 4 is 11.8 Å². The first kappa shape index (κ1) is 13.6. The molecule has 0 aromatic carbocycles. The highest BCUT2D eigenvalue weighted by atomic mass is 16.8. The van der Waals surface area contributed by atoms with Crippen molar-refractivity contribution in [3.05, 3.63) is 30.1 Å². The van der Waals surface area contributed by atoms with Gasteiger partial charge in [-0.2, -0.15) is 0 Å². The van der Waals surface area contributed by atoms with Gasteiger partial charge in [-0.1, -0.05) is 0 Å². The molecule has 0 bridgehead atoms. The monoisotopic (exact) mass is 265 g/mol. The van der Waals surface area contributed by atoms with Gasteiger partial charge < -0.3 is 14.6 Å². The van der Waals surface area contributed by atoms with E-state index in [1.54, 1.807) is 38.4 Å². The van der Waals surface area contributed by atoms with E-state index in [2.05, 4.69) is 4.98 Å². The molecule has 0 saturated carbocycles. The highest BCUT2D eigenvalue weighted by Gasteiger charge is 2.48. The van der Waals surface area contributed by atoms with Crippen molar-refractivity contribution in [2.45, 2.75) is 38.3 Å². The Balaban J connectivity index is 2.11. The molecule has 1 aliphatic rings. The first-order valence-corrected chi connectivity index (χ1v) is 5.89. The minimum Gasteiger partial charge on any atom is -0.479 e. The Labute approximate surface area is 110 Å². The SMILES string of the molecule is CC1(C)OC(C(=O)O)C(C(=O)Cc2ccncc2)O1. The Bertz CT molecular complexity index is 485.